The van der Waals surface area contributed by atoms with Crippen LogP contribution < -0.4 is 4.74 Å². The van der Waals surface area contributed by atoms with Crippen molar-refractivity contribution in [3.05, 3.63) is 68.7 Å². The molecule has 0 radical (unpaired) electrons. The maximum atomic E-state index is 12.1. The summed E-state index contributed by atoms with van der Waals surface area (Å²) in [7, 11) is 0. The third kappa shape index (κ3) is 5.51. The van der Waals surface area contributed by atoms with Gasteiger partial charge in [-0.1, -0.05) is 23.7 Å². The van der Waals surface area contributed by atoms with Crippen molar-refractivity contribution in [2.45, 2.75) is 32.0 Å². The molecule has 0 amide bonds. The molecule has 148 valence electrons. The lowest BCUT2D eigenvalue weighted by Crippen LogP contribution is -2.18. The number of nitrogens with zero attached hydrogens (tertiary/aromatic N) is 1. The summed E-state index contributed by atoms with van der Waals surface area (Å²) < 4.78 is 16.1. The quantitative estimate of drug-likeness (QED) is 0.289. The number of rotatable bonds is 7. The van der Waals surface area contributed by atoms with E-state index in [0.29, 0.717) is 36.6 Å². The number of halogens is 1. The maximum absolute atomic E-state index is 12.1. The molecule has 1 aliphatic heterocycles. The predicted molar refractivity (Wildman–Crippen MR) is 102 cm³/mol. The first-order chi connectivity index (χ1) is 13.5. The SMILES string of the molecule is O=C(CCCc1ccc(Cl)cc1)Oc1ccc(C2OCCCO2)cc1[N+](=O)[O-]. The first-order valence-corrected chi connectivity index (χ1v) is 9.37. The number of carbonyl (C=O) groups excluding carboxylic acids is 1. The summed E-state index contributed by atoms with van der Waals surface area (Å²) in [6.07, 6.45) is 1.54. The molecule has 1 saturated heterocycles. The second kappa shape index (κ2) is 9.64. The molecule has 28 heavy (non-hydrogen) atoms. The minimum Gasteiger partial charge on any atom is -0.419 e. The van der Waals surface area contributed by atoms with Gasteiger partial charge in [0, 0.05) is 23.1 Å². The summed E-state index contributed by atoms with van der Waals surface area (Å²) in [5.74, 6) is -0.601. The van der Waals surface area contributed by atoms with Crippen molar-refractivity contribution in [2.24, 2.45) is 0 Å². The Kier molecular flexibility index (Phi) is 6.97. The lowest BCUT2D eigenvalue weighted by atomic mass is 10.1. The summed E-state index contributed by atoms with van der Waals surface area (Å²) in [4.78, 5) is 22.9. The zero-order valence-corrected chi connectivity index (χ0v) is 15.9. The van der Waals surface area contributed by atoms with Crippen molar-refractivity contribution in [3.8, 4) is 5.75 Å². The molecule has 0 N–H and O–H groups in total. The van der Waals surface area contributed by atoms with E-state index in [0.717, 1.165) is 12.0 Å². The minimum atomic E-state index is -0.642. The zero-order chi connectivity index (χ0) is 19.9. The molecule has 1 fully saturated rings. The summed E-state index contributed by atoms with van der Waals surface area (Å²) >= 11 is 5.84. The lowest BCUT2D eigenvalue weighted by Gasteiger charge is -2.23. The van der Waals surface area contributed by atoms with Gasteiger partial charge >= 0.3 is 11.7 Å². The first-order valence-electron chi connectivity index (χ1n) is 8.99. The molecule has 0 aromatic heterocycles. The van der Waals surface area contributed by atoms with Gasteiger partial charge in [0.25, 0.3) is 0 Å². The zero-order valence-electron chi connectivity index (χ0n) is 15.1. The van der Waals surface area contributed by atoms with Crippen LogP contribution in [0.2, 0.25) is 5.02 Å². The number of carbonyl (C=O) groups is 1. The van der Waals surface area contributed by atoms with Crippen molar-refractivity contribution in [2.75, 3.05) is 13.2 Å². The van der Waals surface area contributed by atoms with Gasteiger partial charge in [0.2, 0.25) is 5.75 Å². The number of benzene rings is 2. The smallest absolute Gasteiger partial charge is 0.312 e. The second-order valence-corrected chi connectivity index (χ2v) is 6.80. The van der Waals surface area contributed by atoms with Crippen LogP contribution in [0.15, 0.2) is 42.5 Å². The monoisotopic (exact) mass is 405 g/mol. The van der Waals surface area contributed by atoms with E-state index in [1.807, 2.05) is 12.1 Å². The van der Waals surface area contributed by atoms with E-state index in [4.69, 9.17) is 25.8 Å². The molecular weight excluding hydrogens is 386 g/mol. The molecule has 7 nitrogen and oxygen atoms in total. The van der Waals surface area contributed by atoms with Gasteiger partial charge in [-0.2, -0.15) is 0 Å². The first kappa shape index (κ1) is 20.3. The van der Waals surface area contributed by atoms with Gasteiger partial charge in [0.05, 0.1) is 18.1 Å². The highest BCUT2D eigenvalue weighted by Gasteiger charge is 2.24. The van der Waals surface area contributed by atoms with Gasteiger partial charge in [-0.15, -0.1) is 0 Å². The Labute approximate surface area is 167 Å². The highest BCUT2D eigenvalue weighted by molar-refractivity contribution is 6.30. The fourth-order valence-electron chi connectivity index (χ4n) is 2.85. The van der Waals surface area contributed by atoms with Gasteiger partial charge in [0.15, 0.2) is 6.29 Å². The largest absolute Gasteiger partial charge is 0.419 e. The molecule has 3 rings (SSSR count). The molecule has 8 heteroatoms. The van der Waals surface area contributed by atoms with Crippen molar-refractivity contribution in [3.63, 3.8) is 0 Å². The molecular formula is C20H20ClNO6. The second-order valence-electron chi connectivity index (χ2n) is 6.37. The van der Waals surface area contributed by atoms with Crippen LogP contribution in [0.25, 0.3) is 0 Å². The van der Waals surface area contributed by atoms with Crippen LogP contribution >= 0.6 is 11.6 Å². The molecule has 1 heterocycles. The van der Waals surface area contributed by atoms with Gasteiger partial charge in [-0.3, -0.25) is 14.9 Å². The van der Waals surface area contributed by atoms with Crippen molar-refractivity contribution in [1.29, 1.82) is 0 Å². The molecule has 0 atom stereocenters. The van der Waals surface area contributed by atoms with Crippen LogP contribution in [-0.4, -0.2) is 24.1 Å². The lowest BCUT2D eigenvalue weighted by molar-refractivity contribution is -0.385. The highest BCUT2D eigenvalue weighted by atomic mass is 35.5. The molecule has 0 aliphatic carbocycles. The average molecular weight is 406 g/mol. The maximum Gasteiger partial charge on any atom is 0.312 e. The molecule has 0 spiro atoms. The summed E-state index contributed by atoms with van der Waals surface area (Å²) in [5, 5.41) is 12.0. The average Bonchev–Trinajstić information content (AvgIpc) is 2.70. The van der Waals surface area contributed by atoms with Crippen LogP contribution in [0.1, 0.15) is 36.7 Å². The molecule has 2 aromatic carbocycles. The van der Waals surface area contributed by atoms with Crippen molar-refractivity contribution in [1.82, 2.24) is 0 Å². The van der Waals surface area contributed by atoms with Gasteiger partial charge in [-0.05, 0) is 49.1 Å². The normalized spacial score (nSPS) is 14.6. The Balaban J connectivity index is 1.59. The van der Waals surface area contributed by atoms with Gasteiger partial charge in [0.1, 0.15) is 0 Å². The topological polar surface area (TPSA) is 87.9 Å². The Morgan fingerprint density at radius 2 is 1.89 bits per heavy atom. The van der Waals surface area contributed by atoms with Crippen molar-refractivity contribution >= 4 is 23.3 Å². The standard InChI is InChI=1S/C20H20ClNO6/c21-16-8-5-14(6-9-16)3-1-4-19(23)28-18-10-7-15(13-17(18)22(24)25)20-26-11-2-12-27-20/h5-10,13,20H,1-4,11-12H2. The van der Waals surface area contributed by atoms with Crippen LogP contribution in [0.4, 0.5) is 5.69 Å². The fraction of sp³-hybridized carbons (Fsp3) is 0.350. The number of esters is 1. The third-order valence-electron chi connectivity index (χ3n) is 4.26. The molecule has 0 bridgehead atoms. The van der Waals surface area contributed by atoms with Crippen molar-refractivity contribution < 1.29 is 23.9 Å². The summed E-state index contributed by atoms with van der Waals surface area (Å²) in [5.41, 5.74) is 1.29. The van der Waals surface area contributed by atoms with Crippen LogP contribution in [0, 0.1) is 10.1 Å². The van der Waals surface area contributed by atoms with Gasteiger partial charge < -0.3 is 14.2 Å². The summed E-state index contributed by atoms with van der Waals surface area (Å²) in [6, 6.07) is 11.7. The van der Waals surface area contributed by atoms with E-state index in [-0.39, 0.29) is 17.9 Å². The number of ether oxygens (including phenoxy) is 3. The molecule has 1 aliphatic rings. The molecule has 2 aromatic rings. The Hall–Kier alpha value is -2.48. The molecule has 0 unspecified atom stereocenters. The number of aryl methyl sites for hydroxylation is 1. The number of nitro groups is 1. The van der Waals surface area contributed by atoms with E-state index >= 15 is 0 Å². The van der Waals surface area contributed by atoms with Crippen LogP contribution in [-0.2, 0) is 20.7 Å². The summed E-state index contributed by atoms with van der Waals surface area (Å²) in [6.45, 7) is 1.06. The Bertz CT molecular complexity index is 833. The Morgan fingerprint density at radius 1 is 1.18 bits per heavy atom. The number of hydrogen-bond acceptors (Lipinski definition) is 6. The van der Waals surface area contributed by atoms with E-state index in [2.05, 4.69) is 0 Å². The van der Waals surface area contributed by atoms with E-state index in [9.17, 15) is 14.9 Å². The predicted octanol–water partition coefficient (Wildman–Crippen LogP) is 4.61. The van der Waals surface area contributed by atoms with E-state index < -0.39 is 17.2 Å². The Morgan fingerprint density at radius 3 is 2.57 bits per heavy atom. The van der Waals surface area contributed by atoms with Crippen LogP contribution in [0.3, 0.4) is 0 Å². The molecule has 0 saturated carbocycles. The fourth-order valence-corrected chi connectivity index (χ4v) is 2.98. The minimum absolute atomic E-state index is 0.0824. The highest BCUT2D eigenvalue weighted by Crippen LogP contribution is 2.33. The third-order valence-corrected chi connectivity index (χ3v) is 4.51. The van der Waals surface area contributed by atoms with E-state index in [1.165, 1.54) is 12.1 Å². The van der Waals surface area contributed by atoms with Gasteiger partial charge in [-0.25, -0.2) is 0 Å². The number of nitro benzene ring substituents is 1. The van der Waals surface area contributed by atoms with Crippen LogP contribution in [0.5, 0.6) is 5.75 Å². The number of hydrogen-bond donors (Lipinski definition) is 0. The van der Waals surface area contributed by atoms with E-state index in [1.54, 1.807) is 18.2 Å².